The van der Waals surface area contributed by atoms with Gasteiger partial charge < -0.3 is 28.6 Å². The van der Waals surface area contributed by atoms with Crippen LogP contribution in [0, 0.1) is 5.92 Å². The highest BCUT2D eigenvalue weighted by atomic mass is 32.2. The highest BCUT2D eigenvalue weighted by molar-refractivity contribution is 8.13. The predicted octanol–water partition coefficient (Wildman–Crippen LogP) is 2.76. The molecule has 1 aliphatic heterocycles. The molecule has 1 saturated heterocycles. The fourth-order valence-corrected chi connectivity index (χ4v) is 4.75. The minimum Gasteiger partial charge on any atom is -0.378 e. The van der Waals surface area contributed by atoms with E-state index in [1.54, 1.807) is 7.11 Å². The van der Waals surface area contributed by atoms with Crippen molar-refractivity contribution < 1.29 is 32.8 Å². The third-order valence-electron chi connectivity index (χ3n) is 5.02. The largest absolute Gasteiger partial charge is 0.378 e. The third-order valence-corrected chi connectivity index (χ3v) is 6.69. The number of nitrogens with zero attached hydrogens (tertiary/aromatic N) is 2. The molecule has 5 unspecified atom stereocenters. The van der Waals surface area contributed by atoms with Crippen LogP contribution in [0.2, 0.25) is 0 Å². The Morgan fingerprint density at radius 2 is 2.06 bits per heavy atom. The topological polar surface area (TPSA) is 127 Å². The minimum absolute atomic E-state index is 0.155. The Bertz CT molecular complexity index is 871. The van der Waals surface area contributed by atoms with Gasteiger partial charge in [0.1, 0.15) is 18.0 Å². The number of rotatable bonds is 15. The first-order valence-corrected chi connectivity index (χ1v) is 13.4. The summed E-state index contributed by atoms with van der Waals surface area (Å²) in [5.41, 5.74) is -0.568. The van der Waals surface area contributed by atoms with Crippen molar-refractivity contribution in [2.75, 3.05) is 38.0 Å². The predicted molar refractivity (Wildman–Crippen MR) is 135 cm³/mol. The first kappa shape index (κ1) is 29.8. The summed E-state index contributed by atoms with van der Waals surface area (Å²) in [5, 5.41) is 2.65. The van der Waals surface area contributed by atoms with Crippen molar-refractivity contribution in [3.8, 4) is 0 Å². The van der Waals surface area contributed by atoms with Gasteiger partial charge in [-0.15, -0.1) is 0 Å². The van der Waals surface area contributed by atoms with Crippen molar-refractivity contribution >= 4 is 37.6 Å². The smallest absolute Gasteiger partial charge is 0.351 e. The van der Waals surface area contributed by atoms with E-state index in [1.807, 2.05) is 6.92 Å². The summed E-state index contributed by atoms with van der Waals surface area (Å²) >= 11 is 1.27. The lowest BCUT2D eigenvalue weighted by molar-refractivity contribution is -0.114. The fourth-order valence-electron chi connectivity index (χ4n) is 3.49. The van der Waals surface area contributed by atoms with Gasteiger partial charge in [0.2, 0.25) is 5.91 Å². The Hall–Kier alpha value is -1.40. The molecule has 5 atom stereocenters. The van der Waals surface area contributed by atoms with Crippen molar-refractivity contribution in [1.29, 1.82) is 0 Å². The van der Waals surface area contributed by atoms with Gasteiger partial charge in [-0.05, 0) is 18.4 Å². The molecule has 2 rings (SSSR count). The maximum Gasteiger partial charge on any atom is 0.351 e. The zero-order chi connectivity index (χ0) is 25.8. The molecule has 2 heterocycles. The number of nitrogens with one attached hydrogen (secondary N) is 1. The van der Waals surface area contributed by atoms with Crippen LogP contribution in [0.3, 0.4) is 0 Å². The van der Waals surface area contributed by atoms with E-state index in [0.717, 1.165) is 0 Å². The van der Waals surface area contributed by atoms with E-state index in [1.165, 1.54) is 35.5 Å². The average Bonchev–Trinajstić information content (AvgIpc) is 3.13. The van der Waals surface area contributed by atoms with Gasteiger partial charge in [0.05, 0.1) is 25.9 Å². The fraction of sp³-hybridized carbons (Fsp3) is 0.727. The molecule has 198 valence electrons. The lowest BCUT2D eigenvalue weighted by Gasteiger charge is -2.23. The van der Waals surface area contributed by atoms with Crippen molar-refractivity contribution in [3.63, 3.8) is 0 Å². The number of aromatic nitrogens is 2. The molecule has 35 heavy (non-hydrogen) atoms. The SMILES string of the molecule is CCC(=O)SCCOCCOPOC1C(CC(C)C)OC(n2ccc(NC(C)=O)nc2=O)C1OC. The van der Waals surface area contributed by atoms with Crippen LogP contribution >= 0.6 is 20.8 Å². The molecule has 13 heteroatoms. The second kappa shape index (κ2) is 15.7. The van der Waals surface area contributed by atoms with Crippen molar-refractivity contribution in [1.82, 2.24) is 9.55 Å². The van der Waals surface area contributed by atoms with Crippen LogP contribution in [-0.2, 0) is 32.8 Å². The van der Waals surface area contributed by atoms with Gasteiger partial charge >= 0.3 is 5.69 Å². The molecule has 1 aromatic rings. The quantitative estimate of drug-likeness (QED) is 0.266. The van der Waals surface area contributed by atoms with Crippen molar-refractivity contribution in [2.24, 2.45) is 5.92 Å². The van der Waals surface area contributed by atoms with E-state index >= 15 is 0 Å². The minimum atomic E-state index is -0.739. The van der Waals surface area contributed by atoms with Crippen LogP contribution in [0.4, 0.5) is 5.82 Å². The molecule has 0 saturated carbocycles. The van der Waals surface area contributed by atoms with Gasteiger partial charge in [-0.3, -0.25) is 14.2 Å². The van der Waals surface area contributed by atoms with Crippen LogP contribution < -0.4 is 11.0 Å². The summed E-state index contributed by atoms with van der Waals surface area (Å²) in [7, 11) is 1.28. The Balaban J connectivity index is 1.92. The number of carbonyl (C=O) groups excluding carboxylic acids is 2. The van der Waals surface area contributed by atoms with Crippen LogP contribution in [-0.4, -0.2) is 71.6 Å². The Kier molecular flexibility index (Phi) is 13.3. The van der Waals surface area contributed by atoms with E-state index < -0.39 is 24.1 Å². The van der Waals surface area contributed by atoms with Gasteiger partial charge in [0, 0.05) is 32.4 Å². The summed E-state index contributed by atoms with van der Waals surface area (Å²) < 4.78 is 30.3. The monoisotopic (exact) mass is 533 g/mol. The molecular weight excluding hydrogens is 497 g/mol. The zero-order valence-corrected chi connectivity index (χ0v) is 22.7. The second-order valence-electron chi connectivity index (χ2n) is 8.28. The first-order chi connectivity index (χ1) is 16.8. The van der Waals surface area contributed by atoms with Gasteiger partial charge in [0.25, 0.3) is 0 Å². The molecule has 0 aliphatic carbocycles. The summed E-state index contributed by atoms with van der Waals surface area (Å²) in [4.78, 5) is 39.0. The highest BCUT2D eigenvalue weighted by Crippen LogP contribution is 2.38. The summed E-state index contributed by atoms with van der Waals surface area (Å²) in [5.74, 6) is 0.807. The molecule has 1 aromatic heterocycles. The van der Waals surface area contributed by atoms with E-state index in [-0.39, 0.29) is 32.0 Å². The number of amides is 1. The highest BCUT2D eigenvalue weighted by Gasteiger charge is 2.47. The standard InChI is InChI=1S/C22H36N3O8PS/c1-6-18(27)35-12-11-30-9-10-31-34-33-19-16(13-14(2)3)32-21(20(19)29-5)25-8-7-17(23-15(4)26)24-22(25)28/h7-8,14,16,19-21,34H,6,9-13H2,1-5H3,(H,23,24,26,28). The number of hydrogen-bond acceptors (Lipinski definition) is 10. The van der Waals surface area contributed by atoms with Gasteiger partial charge in [-0.25, -0.2) is 4.79 Å². The second-order valence-corrected chi connectivity index (χ2v) is 10.1. The molecule has 1 fully saturated rings. The molecule has 0 radical (unpaired) electrons. The van der Waals surface area contributed by atoms with Gasteiger partial charge in [-0.2, -0.15) is 4.98 Å². The van der Waals surface area contributed by atoms with Crippen LogP contribution in [0.5, 0.6) is 0 Å². The summed E-state index contributed by atoms with van der Waals surface area (Å²) in [6, 6.07) is 1.53. The molecule has 1 N–H and O–H groups in total. The molecule has 0 bridgehead atoms. The van der Waals surface area contributed by atoms with E-state index in [2.05, 4.69) is 24.1 Å². The number of hydrogen-bond donors (Lipinski definition) is 1. The summed E-state index contributed by atoms with van der Waals surface area (Å²) in [6.45, 7) is 8.56. The number of carbonyl (C=O) groups is 2. The number of anilines is 1. The summed E-state index contributed by atoms with van der Waals surface area (Å²) in [6.07, 6.45) is 0.675. The van der Waals surface area contributed by atoms with E-state index in [4.69, 9.17) is 23.3 Å². The molecular formula is C22H36N3O8PS. The normalized spacial score (nSPS) is 22.3. The Morgan fingerprint density at radius 1 is 1.29 bits per heavy atom. The molecule has 0 spiro atoms. The van der Waals surface area contributed by atoms with E-state index in [0.29, 0.717) is 44.3 Å². The first-order valence-electron chi connectivity index (χ1n) is 11.6. The Labute approximate surface area is 211 Å². The van der Waals surface area contributed by atoms with Crippen LogP contribution in [0.1, 0.15) is 46.8 Å². The lowest BCUT2D eigenvalue weighted by Crippen LogP contribution is -2.37. The van der Waals surface area contributed by atoms with Crippen LogP contribution in [0.15, 0.2) is 17.1 Å². The maximum absolute atomic E-state index is 12.6. The molecule has 1 aliphatic rings. The lowest BCUT2D eigenvalue weighted by atomic mass is 10.0. The van der Waals surface area contributed by atoms with Crippen molar-refractivity contribution in [3.05, 3.63) is 22.7 Å². The van der Waals surface area contributed by atoms with E-state index in [9.17, 15) is 14.4 Å². The average molecular weight is 534 g/mol. The van der Waals surface area contributed by atoms with Crippen molar-refractivity contribution in [2.45, 2.75) is 65.1 Å². The number of ether oxygens (including phenoxy) is 3. The number of thioether (sulfide) groups is 1. The van der Waals surface area contributed by atoms with Crippen LogP contribution in [0.25, 0.3) is 0 Å². The Morgan fingerprint density at radius 3 is 2.69 bits per heavy atom. The van der Waals surface area contributed by atoms with Gasteiger partial charge in [0.15, 0.2) is 20.4 Å². The number of methoxy groups -OCH3 is 1. The molecule has 1 amide bonds. The third kappa shape index (κ3) is 9.87. The molecule has 0 aromatic carbocycles. The maximum atomic E-state index is 12.6. The molecule has 11 nitrogen and oxygen atoms in total. The zero-order valence-electron chi connectivity index (χ0n) is 20.9. The van der Waals surface area contributed by atoms with Gasteiger partial charge in [-0.1, -0.05) is 32.5 Å².